The zero-order valence-corrected chi connectivity index (χ0v) is 17.7. The first kappa shape index (κ1) is 35.0. The summed E-state index contributed by atoms with van der Waals surface area (Å²) in [4.78, 5) is 0. The van der Waals surface area contributed by atoms with Crippen molar-refractivity contribution < 1.29 is 92.2 Å². The fourth-order valence-electron chi connectivity index (χ4n) is 2.37. The smallest absolute Gasteiger partial charge is 0.195 e. The highest BCUT2D eigenvalue weighted by molar-refractivity contribution is 7.58. The van der Waals surface area contributed by atoms with Crippen LogP contribution in [-0.2, 0) is 0 Å². The van der Waals surface area contributed by atoms with Crippen molar-refractivity contribution in [1.29, 1.82) is 0 Å². The van der Waals surface area contributed by atoms with Gasteiger partial charge in [0, 0.05) is 0 Å². The van der Waals surface area contributed by atoms with E-state index in [2.05, 4.69) is 0 Å². The third-order valence-corrected chi connectivity index (χ3v) is 7.26. The number of alkyl halides is 21. The van der Waals surface area contributed by atoms with Crippen molar-refractivity contribution in [3.8, 4) is 0 Å². The Morgan fingerprint density at radius 3 is 0.722 bits per heavy atom. The Bertz CT molecular complexity index is 774. The first-order valence-corrected chi connectivity index (χ1v) is 10.2. The molecule has 0 bridgehead atoms. The van der Waals surface area contributed by atoms with Gasteiger partial charge in [-0.3, -0.25) is 0 Å². The van der Waals surface area contributed by atoms with Gasteiger partial charge in [0.2, 0.25) is 0 Å². The molecule has 0 amide bonds. The highest BCUT2D eigenvalue weighted by Crippen LogP contribution is 2.69. The van der Waals surface area contributed by atoms with E-state index in [1.54, 1.807) is 0 Å². The molecular formula is C14H10F21P. The lowest BCUT2D eigenvalue weighted by Crippen LogP contribution is -2.76. The minimum Gasteiger partial charge on any atom is -0.195 e. The summed E-state index contributed by atoms with van der Waals surface area (Å²) < 4.78 is 278. The largest absolute Gasteiger partial charge is 0.460 e. The van der Waals surface area contributed by atoms with Gasteiger partial charge in [0.25, 0.3) is 0 Å². The van der Waals surface area contributed by atoms with Gasteiger partial charge in [-0.05, 0) is 20.2 Å². The molecule has 0 rings (SSSR count). The van der Waals surface area contributed by atoms with E-state index in [1.165, 1.54) is 0 Å². The van der Waals surface area contributed by atoms with Crippen LogP contribution in [0.1, 0.15) is 13.8 Å². The molecule has 0 fully saturated rings. The van der Waals surface area contributed by atoms with Crippen molar-refractivity contribution in [2.45, 2.75) is 73.1 Å². The van der Waals surface area contributed by atoms with Crippen LogP contribution in [0.2, 0.25) is 0 Å². The first-order chi connectivity index (χ1) is 15.3. The van der Waals surface area contributed by atoms with Crippen LogP contribution in [0.15, 0.2) is 0 Å². The van der Waals surface area contributed by atoms with Gasteiger partial charge in [0.15, 0.2) is 0 Å². The zero-order chi connectivity index (χ0) is 30.0. The Balaban J connectivity index is 7.11. The molecule has 0 aliphatic heterocycles. The summed E-state index contributed by atoms with van der Waals surface area (Å²) in [5, 5.41) is 0. The molecule has 218 valence electrons. The number of rotatable bonds is 11. The fraction of sp³-hybridized carbons (Fsp3) is 1.00. The second-order valence-corrected chi connectivity index (χ2v) is 9.71. The van der Waals surface area contributed by atoms with Crippen LogP contribution in [-0.4, -0.2) is 71.5 Å². The summed E-state index contributed by atoms with van der Waals surface area (Å²) in [5.41, 5.74) is -6.44. The molecule has 22 heteroatoms. The summed E-state index contributed by atoms with van der Waals surface area (Å²) in [6.45, 7) is 1.11. The fourth-order valence-corrected chi connectivity index (χ4v) is 4.15. The second-order valence-electron chi connectivity index (χ2n) is 6.81. The summed E-state index contributed by atoms with van der Waals surface area (Å²) in [6.07, 6.45) is -10.5. The molecule has 0 nitrogen and oxygen atoms in total. The molecule has 0 atom stereocenters. The van der Waals surface area contributed by atoms with Gasteiger partial charge in [-0.15, -0.1) is 0 Å². The van der Waals surface area contributed by atoms with Crippen molar-refractivity contribution in [2.24, 2.45) is 0 Å². The van der Waals surface area contributed by atoms with Gasteiger partial charge < -0.3 is 0 Å². The molecule has 0 saturated carbocycles. The van der Waals surface area contributed by atoms with Crippen molar-refractivity contribution in [3.05, 3.63) is 0 Å². The summed E-state index contributed by atoms with van der Waals surface area (Å²) in [6, 6.07) is 0. The molecule has 0 heterocycles. The van der Waals surface area contributed by atoms with E-state index < -0.39 is 79.5 Å². The lowest BCUT2D eigenvalue weighted by atomic mass is 9.87. The van der Waals surface area contributed by atoms with Crippen LogP contribution in [0.5, 0.6) is 0 Å². The number of hydrogen-bond donors (Lipinski definition) is 0. The minimum absolute atomic E-state index is 0.557. The van der Waals surface area contributed by atoms with Crippen LogP contribution >= 0.6 is 7.92 Å². The van der Waals surface area contributed by atoms with Crippen LogP contribution in [0.25, 0.3) is 0 Å². The molecular weight excluding hydrogens is 598 g/mol. The van der Waals surface area contributed by atoms with Crippen LogP contribution in [0.4, 0.5) is 92.2 Å². The zero-order valence-electron chi connectivity index (χ0n) is 16.8. The maximum atomic E-state index is 13.8. The maximum absolute atomic E-state index is 13.8. The van der Waals surface area contributed by atoms with Crippen molar-refractivity contribution in [1.82, 2.24) is 0 Å². The molecule has 0 aromatic rings. The van der Waals surface area contributed by atoms with Gasteiger partial charge >= 0.3 is 59.2 Å². The average Bonchev–Trinajstić information content (AvgIpc) is 2.66. The Morgan fingerprint density at radius 1 is 0.333 bits per heavy atom. The lowest BCUT2D eigenvalue weighted by Gasteiger charge is -2.45. The van der Waals surface area contributed by atoms with Gasteiger partial charge in [0.1, 0.15) is 0 Å². The number of hydrogen-bond acceptors (Lipinski definition) is 0. The third-order valence-electron chi connectivity index (χ3n) is 4.65. The highest BCUT2D eigenvalue weighted by atomic mass is 31.1. The molecule has 0 unspecified atom stereocenters. The summed E-state index contributed by atoms with van der Waals surface area (Å²) in [7, 11) is -3.85. The van der Waals surface area contributed by atoms with Gasteiger partial charge in [-0.2, -0.15) is 92.2 Å². The molecule has 36 heavy (non-hydrogen) atoms. The maximum Gasteiger partial charge on any atom is 0.460 e. The standard InChI is InChI=1S/C14H10F21P/c1-3-36(4-2)14(34,35)12(29,30)10(25,26)8(21,22)6(17,18)5(15,16)7(19,20)9(23,24)11(27,28)13(31,32)33/h3-4H2,1-2H3. The molecule has 0 aliphatic rings. The first-order valence-electron chi connectivity index (χ1n) is 8.49. The Hall–Kier alpha value is -1.04. The quantitative estimate of drug-likeness (QED) is 0.163. The van der Waals surface area contributed by atoms with E-state index in [0.717, 1.165) is 0 Å². The predicted molar refractivity (Wildman–Crippen MR) is 78.6 cm³/mol. The molecule has 0 spiro atoms. The monoisotopic (exact) mass is 608 g/mol. The molecule has 0 aromatic heterocycles. The van der Waals surface area contributed by atoms with Crippen molar-refractivity contribution in [2.75, 3.05) is 12.3 Å². The van der Waals surface area contributed by atoms with Gasteiger partial charge in [0.05, 0.1) is 0 Å². The van der Waals surface area contributed by atoms with Crippen LogP contribution < -0.4 is 0 Å². The van der Waals surface area contributed by atoms with Crippen molar-refractivity contribution >= 4 is 7.92 Å². The molecule has 0 radical (unpaired) electrons. The molecule has 0 aliphatic carbocycles. The minimum atomic E-state index is -9.13. The van der Waals surface area contributed by atoms with E-state index in [1.807, 2.05) is 0 Å². The topological polar surface area (TPSA) is 0 Å². The third kappa shape index (κ3) is 4.16. The Labute approximate surface area is 186 Å². The summed E-state index contributed by atoms with van der Waals surface area (Å²) >= 11 is 0. The van der Waals surface area contributed by atoms with E-state index >= 15 is 0 Å². The average molecular weight is 608 g/mol. The van der Waals surface area contributed by atoms with Crippen molar-refractivity contribution in [3.63, 3.8) is 0 Å². The van der Waals surface area contributed by atoms with Gasteiger partial charge in [-0.25, -0.2) is 0 Å². The molecule has 0 N–H and O–H groups in total. The predicted octanol–water partition coefficient (Wildman–Crippen LogP) is 8.75. The lowest BCUT2D eigenvalue weighted by molar-refractivity contribution is -0.472. The Kier molecular flexibility index (Phi) is 8.76. The van der Waals surface area contributed by atoms with Crippen LogP contribution in [0.3, 0.4) is 0 Å². The van der Waals surface area contributed by atoms with E-state index in [0.29, 0.717) is 13.8 Å². The van der Waals surface area contributed by atoms with E-state index in [-0.39, 0.29) is 0 Å². The second kappa shape index (κ2) is 9.02. The van der Waals surface area contributed by atoms with E-state index in [4.69, 9.17) is 0 Å². The summed E-state index contributed by atoms with van der Waals surface area (Å²) in [5.74, 6) is -69.7. The van der Waals surface area contributed by atoms with E-state index in [9.17, 15) is 92.2 Å². The number of halogens is 21. The SMILES string of the molecule is CCP(CC)C(F)(F)C(F)(F)C(F)(F)C(F)(F)C(F)(F)C(F)(F)C(F)(F)C(F)(F)C(F)(F)C(F)(F)F. The normalized spacial score (nSPS) is 16.7. The highest BCUT2D eigenvalue weighted by Gasteiger charge is 2.98. The Morgan fingerprint density at radius 2 is 0.528 bits per heavy atom. The molecule has 0 saturated heterocycles. The molecule has 0 aromatic carbocycles. The van der Waals surface area contributed by atoms with Crippen LogP contribution in [0, 0.1) is 0 Å². The van der Waals surface area contributed by atoms with Gasteiger partial charge in [-0.1, -0.05) is 13.8 Å².